The van der Waals surface area contributed by atoms with E-state index in [0.717, 1.165) is 24.4 Å². The molecular weight excluding hydrogens is 238 g/mol. The van der Waals surface area contributed by atoms with Gasteiger partial charge in [-0.05, 0) is 13.0 Å². The van der Waals surface area contributed by atoms with Gasteiger partial charge in [-0.25, -0.2) is 0 Å². The van der Waals surface area contributed by atoms with Gasteiger partial charge in [0.15, 0.2) is 0 Å². The summed E-state index contributed by atoms with van der Waals surface area (Å²) in [5.41, 5.74) is 0. The number of amides is 3. The summed E-state index contributed by atoms with van der Waals surface area (Å²) in [7, 11) is 0. The third-order valence-corrected chi connectivity index (χ3v) is 3.04. The Bertz CT molecular complexity index is 334. The Labute approximate surface area is 105 Å². The number of rotatable bonds is 2. The molecule has 0 spiro atoms. The van der Waals surface area contributed by atoms with Crippen molar-refractivity contribution in [2.75, 3.05) is 45.9 Å². The Morgan fingerprint density at radius 3 is 2.61 bits per heavy atom. The van der Waals surface area contributed by atoms with Crippen LogP contribution in [-0.4, -0.2) is 73.5 Å². The Morgan fingerprint density at radius 1 is 1.17 bits per heavy atom. The molecule has 0 saturated carbocycles. The van der Waals surface area contributed by atoms with Gasteiger partial charge in [0.05, 0.1) is 0 Å². The summed E-state index contributed by atoms with van der Waals surface area (Å²) in [4.78, 5) is 37.7. The van der Waals surface area contributed by atoms with Crippen LogP contribution in [0.3, 0.4) is 0 Å². The van der Waals surface area contributed by atoms with E-state index in [-0.39, 0.29) is 25.7 Å². The molecule has 18 heavy (non-hydrogen) atoms. The summed E-state index contributed by atoms with van der Waals surface area (Å²) in [5, 5.41) is 3.19. The first-order valence-electron chi connectivity index (χ1n) is 6.08. The van der Waals surface area contributed by atoms with Crippen molar-refractivity contribution in [3.8, 4) is 0 Å². The van der Waals surface area contributed by atoms with Gasteiger partial charge in [-0.1, -0.05) is 0 Å². The Kier molecular flexibility index (Phi) is 4.27. The number of morpholine rings is 1. The van der Waals surface area contributed by atoms with Crippen molar-refractivity contribution in [3.05, 3.63) is 0 Å². The lowest BCUT2D eigenvalue weighted by Crippen LogP contribution is -2.51. The Balaban J connectivity index is 1.92. The monoisotopic (exact) mass is 255 g/mol. The number of nitrogens with one attached hydrogen (secondary N) is 1. The zero-order valence-electron chi connectivity index (χ0n) is 10.2. The summed E-state index contributed by atoms with van der Waals surface area (Å²) in [5.74, 6) is -1.05. The van der Waals surface area contributed by atoms with E-state index in [4.69, 9.17) is 4.74 Å². The topological polar surface area (TPSA) is 79.0 Å². The second-order valence-corrected chi connectivity index (χ2v) is 4.35. The highest BCUT2D eigenvalue weighted by Gasteiger charge is 2.30. The predicted molar refractivity (Wildman–Crippen MR) is 61.6 cm³/mol. The molecule has 1 N–H and O–H groups in total. The second kappa shape index (κ2) is 5.92. The van der Waals surface area contributed by atoms with E-state index >= 15 is 0 Å². The molecule has 7 nitrogen and oxygen atoms in total. The van der Waals surface area contributed by atoms with Gasteiger partial charge in [-0.2, -0.15) is 0 Å². The van der Waals surface area contributed by atoms with Crippen LogP contribution in [0.4, 0.5) is 0 Å². The van der Waals surface area contributed by atoms with Crippen molar-refractivity contribution in [3.63, 3.8) is 0 Å². The Hall–Kier alpha value is -1.47. The molecule has 0 radical (unpaired) electrons. The van der Waals surface area contributed by atoms with Gasteiger partial charge in [0.25, 0.3) is 11.8 Å². The van der Waals surface area contributed by atoms with Crippen LogP contribution in [0.2, 0.25) is 0 Å². The molecule has 2 aliphatic heterocycles. The first-order chi connectivity index (χ1) is 8.68. The van der Waals surface area contributed by atoms with Gasteiger partial charge in [-0.3, -0.25) is 19.3 Å². The lowest BCUT2D eigenvalue weighted by atomic mass is 10.3. The molecule has 0 aromatic carbocycles. The fraction of sp³-hybridized carbons (Fsp3) is 0.727. The van der Waals surface area contributed by atoms with Crippen molar-refractivity contribution in [1.82, 2.24) is 15.1 Å². The molecule has 0 unspecified atom stereocenters. The molecule has 3 amide bonds. The number of hydrogen-bond acceptors (Lipinski definition) is 5. The zero-order chi connectivity index (χ0) is 13.0. The van der Waals surface area contributed by atoms with Gasteiger partial charge < -0.3 is 15.0 Å². The average Bonchev–Trinajstić information content (AvgIpc) is 2.62. The molecule has 2 fully saturated rings. The number of carbonyl (C=O) groups is 3. The highest BCUT2D eigenvalue weighted by atomic mass is 16.5. The van der Waals surface area contributed by atoms with Crippen molar-refractivity contribution in [2.45, 2.75) is 6.42 Å². The summed E-state index contributed by atoms with van der Waals surface area (Å²) in [6.45, 7) is 2.50. The predicted octanol–water partition coefficient (Wildman–Crippen LogP) is -1.81. The molecule has 2 rings (SSSR count). The van der Waals surface area contributed by atoms with E-state index in [1.807, 2.05) is 0 Å². The van der Waals surface area contributed by atoms with Crippen molar-refractivity contribution < 1.29 is 19.1 Å². The third kappa shape index (κ3) is 3.05. The molecule has 0 bridgehead atoms. The maximum Gasteiger partial charge on any atom is 0.255 e. The molecule has 0 aromatic rings. The van der Waals surface area contributed by atoms with Gasteiger partial charge in [0, 0.05) is 19.6 Å². The average molecular weight is 255 g/mol. The summed E-state index contributed by atoms with van der Waals surface area (Å²) < 4.78 is 4.80. The summed E-state index contributed by atoms with van der Waals surface area (Å²) >= 11 is 0. The van der Waals surface area contributed by atoms with Crippen LogP contribution in [0.15, 0.2) is 0 Å². The van der Waals surface area contributed by atoms with E-state index in [9.17, 15) is 14.4 Å². The molecule has 0 aliphatic carbocycles. The van der Waals surface area contributed by atoms with Crippen molar-refractivity contribution >= 4 is 17.7 Å². The zero-order valence-corrected chi connectivity index (χ0v) is 10.2. The van der Waals surface area contributed by atoms with Crippen LogP contribution in [0.25, 0.3) is 0 Å². The van der Waals surface area contributed by atoms with E-state index in [1.54, 1.807) is 4.90 Å². The second-order valence-electron chi connectivity index (χ2n) is 4.35. The molecular formula is C11H17N3O4. The Morgan fingerprint density at radius 2 is 1.89 bits per heavy atom. The molecule has 2 aliphatic rings. The molecule has 2 saturated heterocycles. The lowest BCUT2D eigenvalue weighted by molar-refractivity contribution is -0.161. The molecule has 2 heterocycles. The fourth-order valence-electron chi connectivity index (χ4n) is 2.03. The van der Waals surface area contributed by atoms with E-state index in [0.29, 0.717) is 13.1 Å². The quantitative estimate of drug-likeness (QED) is 0.589. The van der Waals surface area contributed by atoms with E-state index in [2.05, 4.69) is 5.32 Å². The van der Waals surface area contributed by atoms with Crippen LogP contribution in [0, 0.1) is 0 Å². The number of ether oxygens (including phenoxy) is 1. The molecule has 7 heteroatoms. The normalized spacial score (nSPS) is 22.0. The first-order valence-corrected chi connectivity index (χ1v) is 6.08. The van der Waals surface area contributed by atoms with Gasteiger partial charge >= 0.3 is 0 Å². The summed E-state index contributed by atoms with van der Waals surface area (Å²) in [6, 6.07) is 0. The maximum absolute atomic E-state index is 12.0. The van der Waals surface area contributed by atoms with Gasteiger partial charge in [0.1, 0.15) is 19.8 Å². The van der Waals surface area contributed by atoms with Crippen LogP contribution in [-0.2, 0) is 19.1 Å². The van der Waals surface area contributed by atoms with Crippen LogP contribution < -0.4 is 5.32 Å². The van der Waals surface area contributed by atoms with Crippen molar-refractivity contribution in [2.24, 2.45) is 0 Å². The minimum absolute atomic E-state index is 0.124. The van der Waals surface area contributed by atoms with Gasteiger partial charge in [0.2, 0.25) is 5.91 Å². The standard InChI is InChI=1S/C11H17N3O4/c15-9(13-4-1-2-12-3-5-13)6-14-10(16)7-18-8-11(14)17/h12H,1-8H2. The largest absolute Gasteiger partial charge is 0.362 e. The minimum Gasteiger partial charge on any atom is -0.362 e. The van der Waals surface area contributed by atoms with Crippen LogP contribution in [0.1, 0.15) is 6.42 Å². The number of hydrogen-bond donors (Lipinski definition) is 1. The molecule has 0 aromatic heterocycles. The first kappa shape index (κ1) is 13.0. The van der Waals surface area contributed by atoms with Gasteiger partial charge in [-0.15, -0.1) is 0 Å². The fourth-order valence-corrected chi connectivity index (χ4v) is 2.03. The molecule has 0 atom stereocenters. The summed E-state index contributed by atoms with van der Waals surface area (Å²) in [6.07, 6.45) is 0.886. The maximum atomic E-state index is 12.0. The van der Waals surface area contributed by atoms with Crippen LogP contribution >= 0.6 is 0 Å². The number of imide groups is 1. The number of carbonyl (C=O) groups excluding carboxylic acids is 3. The highest BCUT2D eigenvalue weighted by molar-refractivity contribution is 6.01. The highest BCUT2D eigenvalue weighted by Crippen LogP contribution is 2.03. The van der Waals surface area contributed by atoms with Crippen molar-refractivity contribution in [1.29, 1.82) is 0 Å². The number of nitrogens with zero attached hydrogens (tertiary/aromatic N) is 2. The SMILES string of the molecule is O=C(CN1C(=O)COCC1=O)N1CCCNCC1. The minimum atomic E-state index is -0.437. The van der Waals surface area contributed by atoms with Crippen LogP contribution in [0.5, 0.6) is 0 Å². The lowest BCUT2D eigenvalue weighted by Gasteiger charge is -2.27. The van der Waals surface area contributed by atoms with E-state index < -0.39 is 11.8 Å². The molecule has 100 valence electrons. The van der Waals surface area contributed by atoms with E-state index in [1.165, 1.54) is 0 Å². The smallest absolute Gasteiger partial charge is 0.255 e. The third-order valence-electron chi connectivity index (χ3n) is 3.04.